The van der Waals surface area contributed by atoms with Crippen molar-refractivity contribution in [2.45, 2.75) is 83.2 Å². The van der Waals surface area contributed by atoms with Crippen LogP contribution in [0.5, 0.6) is 5.75 Å². The SMILES string of the molecule is CCOC(=O)C1(OCCCOCCCOc2cc(F)c([C@@H]3c4[nH]c5ccccc5c4C[C@@H](C)N3CC(C)(C)F)c(F)c2)CC1. The molecule has 0 spiro atoms. The van der Waals surface area contributed by atoms with Gasteiger partial charge in [-0.3, -0.25) is 4.90 Å². The van der Waals surface area contributed by atoms with Crippen LogP contribution in [0.15, 0.2) is 36.4 Å². The van der Waals surface area contributed by atoms with Gasteiger partial charge in [-0.2, -0.15) is 0 Å². The van der Waals surface area contributed by atoms with Crippen LogP contribution in [0.1, 0.15) is 76.2 Å². The Kier molecular flexibility index (Phi) is 9.92. The molecule has 0 radical (unpaired) electrons. The number of carbonyl (C=O) groups excluding carboxylic acids is 1. The number of aromatic nitrogens is 1. The Balaban J connectivity index is 1.18. The second kappa shape index (κ2) is 13.5. The van der Waals surface area contributed by atoms with E-state index in [1.807, 2.05) is 36.1 Å². The summed E-state index contributed by atoms with van der Waals surface area (Å²) in [5.74, 6) is -1.68. The lowest BCUT2D eigenvalue weighted by Crippen LogP contribution is -2.48. The molecule has 44 heavy (non-hydrogen) atoms. The Morgan fingerprint density at radius 3 is 2.41 bits per heavy atom. The number of ether oxygens (including phenoxy) is 4. The van der Waals surface area contributed by atoms with Crippen LogP contribution in [-0.4, -0.2) is 72.7 Å². The maximum absolute atomic E-state index is 15.8. The number of nitrogens with one attached hydrogen (secondary N) is 1. The monoisotopic (exact) mass is 616 g/mol. The van der Waals surface area contributed by atoms with Crippen molar-refractivity contribution in [3.05, 3.63) is 64.9 Å². The van der Waals surface area contributed by atoms with Crippen LogP contribution in [0.2, 0.25) is 0 Å². The molecule has 10 heteroatoms. The van der Waals surface area contributed by atoms with Crippen molar-refractivity contribution in [3.8, 4) is 5.75 Å². The van der Waals surface area contributed by atoms with Gasteiger partial charge in [0.05, 0.1) is 25.9 Å². The summed E-state index contributed by atoms with van der Waals surface area (Å²) in [6.45, 7) is 8.54. The number of esters is 1. The highest BCUT2D eigenvalue weighted by molar-refractivity contribution is 5.85. The molecule has 0 bridgehead atoms. The van der Waals surface area contributed by atoms with Crippen LogP contribution in [0.25, 0.3) is 10.9 Å². The zero-order valence-corrected chi connectivity index (χ0v) is 26.0. The molecule has 1 saturated carbocycles. The van der Waals surface area contributed by atoms with E-state index in [0.717, 1.165) is 16.5 Å². The maximum atomic E-state index is 15.8. The summed E-state index contributed by atoms with van der Waals surface area (Å²) in [5, 5.41) is 1.01. The third kappa shape index (κ3) is 7.24. The van der Waals surface area contributed by atoms with Crippen LogP contribution in [-0.2, 0) is 25.4 Å². The van der Waals surface area contributed by atoms with Gasteiger partial charge in [0, 0.05) is 66.5 Å². The fourth-order valence-corrected chi connectivity index (χ4v) is 6.07. The van der Waals surface area contributed by atoms with E-state index in [1.54, 1.807) is 6.92 Å². The number of H-pyrrole nitrogens is 1. The molecule has 0 unspecified atom stereocenters. The lowest BCUT2D eigenvalue weighted by atomic mass is 9.87. The molecule has 2 heterocycles. The Morgan fingerprint density at radius 2 is 1.75 bits per heavy atom. The van der Waals surface area contributed by atoms with Crippen LogP contribution >= 0.6 is 0 Å². The number of hydrogen-bond donors (Lipinski definition) is 1. The van der Waals surface area contributed by atoms with Crippen molar-refractivity contribution < 1.29 is 36.9 Å². The molecule has 5 rings (SSSR count). The molecule has 1 aliphatic carbocycles. The zero-order chi connectivity index (χ0) is 31.5. The van der Waals surface area contributed by atoms with Crippen LogP contribution in [0, 0.1) is 11.6 Å². The van der Waals surface area contributed by atoms with E-state index in [9.17, 15) is 9.18 Å². The van der Waals surface area contributed by atoms with Crippen molar-refractivity contribution in [2.24, 2.45) is 0 Å². The van der Waals surface area contributed by atoms with E-state index in [4.69, 9.17) is 18.9 Å². The number of alkyl halides is 1. The number of fused-ring (bicyclic) bond motifs is 3. The largest absolute Gasteiger partial charge is 0.493 e. The van der Waals surface area contributed by atoms with Crippen LogP contribution in [0.4, 0.5) is 13.2 Å². The normalized spacial score (nSPS) is 19.6. The number of nitrogens with zero attached hydrogens (tertiary/aromatic N) is 1. The van der Waals surface area contributed by atoms with Gasteiger partial charge >= 0.3 is 5.97 Å². The van der Waals surface area contributed by atoms with Gasteiger partial charge in [-0.1, -0.05) is 18.2 Å². The lowest BCUT2D eigenvalue weighted by Gasteiger charge is -2.43. The summed E-state index contributed by atoms with van der Waals surface area (Å²) in [4.78, 5) is 17.2. The third-order valence-electron chi connectivity index (χ3n) is 8.27. The van der Waals surface area contributed by atoms with Gasteiger partial charge < -0.3 is 23.9 Å². The second-order valence-corrected chi connectivity index (χ2v) is 12.4. The molecule has 7 nitrogen and oxygen atoms in total. The average Bonchev–Trinajstić information content (AvgIpc) is 3.67. The van der Waals surface area contributed by atoms with Crippen molar-refractivity contribution in [3.63, 3.8) is 0 Å². The van der Waals surface area contributed by atoms with E-state index in [-0.39, 0.29) is 36.5 Å². The Morgan fingerprint density at radius 1 is 1.07 bits per heavy atom. The second-order valence-electron chi connectivity index (χ2n) is 12.4. The molecular weight excluding hydrogens is 573 g/mol. The van der Waals surface area contributed by atoms with E-state index >= 15 is 8.78 Å². The van der Waals surface area contributed by atoms with Crippen molar-refractivity contribution in [1.82, 2.24) is 9.88 Å². The molecule has 1 fully saturated rings. The smallest absolute Gasteiger partial charge is 0.338 e. The molecule has 0 saturated heterocycles. The van der Waals surface area contributed by atoms with Crippen molar-refractivity contribution >= 4 is 16.9 Å². The third-order valence-corrected chi connectivity index (χ3v) is 8.27. The highest BCUT2D eigenvalue weighted by atomic mass is 19.1. The number of hydrogen-bond acceptors (Lipinski definition) is 6. The number of rotatable bonds is 15. The fraction of sp³-hybridized carbons (Fsp3) is 0.559. The molecule has 1 aliphatic heterocycles. The first-order chi connectivity index (χ1) is 21.0. The molecule has 240 valence electrons. The van der Waals surface area contributed by atoms with E-state index in [2.05, 4.69) is 4.98 Å². The molecule has 2 atom stereocenters. The standard InChI is InChI=1S/C34H43F3N2O5/c1-5-42-32(40)34(12-13-34)44-17-9-15-41-14-8-16-43-23-19-26(35)29(27(36)20-23)31-30-25(24-10-6-7-11-28(24)38-30)18-22(2)39(31)21-33(3,4)37/h6-7,10-11,19-20,22,31,38H,5,8-9,12-18,21H2,1-4H3/t22-,31-/m1/s1. The first-order valence-corrected chi connectivity index (χ1v) is 15.6. The Bertz CT molecular complexity index is 1430. The summed E-state index contributed by atoms with van der Waals surface area (Å²) in [7, 11) is 0. The van der Waals surface area contributed by atoms with Crippen LogP contribution < -0.4 is 4.74 Å². The van der Waals surface area contributed by atoms with Crippen molar-refractivity contribution in [1.29, 1.82) is 0 Å². The highest BCUT2D eigenvalue weighted by Gasteiger charge is 2.52. The molecular formula is C34H43F3N2O5. The molecule has 1 aromatic heterocycles. The highest BCUT2D eigenvalue weighted by Crippen LogP contribution is 2.44. The van der Waals surface area contributed by atoms with Gasteiger partial charge in [0.1, 0.15) is 23.1 Å². The average molecular weight is 617 g/mol. The number of carbonyl (C=O) groups is 1. The fourth-order valence-electron chi connectivity index (χ4n) is 6.07. The minimum absolute atomic E-state index is 0.0170. The lowest BCUT2D eigenvalue weighted by molar-refractivity contribution is -0.160. The van der Waals surface area contributed by atoms with Crippen molar-refractivity contribution in [2.75, 3.05) is 39.6 Å². The first kappa shape index (κ1) is 32.3. The number of aromatic amines is 1. The van der Waals surface area contributed by atoms with E-state index in [1.165, 1.54) is 26.0 Å². The van der Waals surface area contributed by atoms with Gasteiger partial charge in [0.15, 0.2) is 5.60 Å². The number of halogens is 3. The maximum Gasteiger partial charge on any atom is 0.338 e. The molecule has 1 N–H and O–H groups in total. The van der Waals surface area contributed by atoms with Gasteiger partial charge in [-0.15, -0.1) is 0 Å². The summed E-state index contributed by atoms with van der Waals surface area (Å²) in [6.07, 6.45) is 3.17. The first-order valence-electron chi connectivity index (χ1n) is 15.6. The number of para-hydroxylation sites is 1. The van der Waals surface area contributed by atoms with Gasteiger partial charge in [0.25, 0.3) is 0 Å². The van der Waals surface area contributed by atoms with Gasteiger partial charge in [-0.05, 0) is 65.0 Å². The Hall–Kier alpha value is -3.08. The summed E-state index contributed by atoms with van der Waals surface area (Å²) in [6, 6.07) is 9.23. The van der Waals surface area contributed by atoms with Crippen LogP contribution in [0.3, 0.4) is 0 Å². The van der Waals surface area contributed by atoms with E-state index < -0.39 is 28.9 Å². The molecule has 0 amide bonds. The zero-order valence-electron chi connectivity index (χ0n) is 26.0. The van der Waals surface area contributed by atoms with Gasteiger partial charge in [0.2, 0.25) is 0 Å². The molecule has 2 aromatic carbocycles. The summed E-state index contributed by atoms with van der Waals surface area (Å²) in [5.41, 5.74) is 0.124. The van der Waals surface area contributed by atoms with E-state index in [0.29, 0.717) is 64.2 Å². The summed E-state index contributed by atoms with van der Waals surface area (Å²) >= 11 is 0. The topological polar surface area (TPSA) is 73.0 Å². The molecule has 2 aliphatic rings. The minimum atomic E-state index is -1.57. The minimum Gasteiger partial charge on any atom is -0.493 e. The summed E-state index contributed by atoms with van der Waals surface area (Å²) < 4.78 is 68.6. The molecule has 3 aromatic rings. The van der Waals surface area contributed by atoms with Gasteiger partial charge in [-0.25, -0.2) is 18.0 Å². The Labute approximate surface area is 257 Å². The predicted molar refractivity (Wildman–Crippen MR) is 162 cm³/mol. The quantitative estimate of drug-likeness (QED) is 0.149. The number of benzene rings is 2. The predicted octanol–water partition coefficient (Wildman–Crippen LogP) is 6.82.